The van der Waals surface area contributed by atoms with Crippen LogP contribution in [0, 0.1) is 4.91 Å². The number of hydrogen-bond donors (Lipinski definition) is 0. The highest BCUT2D eigenvalue weighted by molar-refractivity contribution is 6.00. The number of nitroso groups, excluding NO2 is 1. The lowest BCUT2D eigenvalue weighted by atomic mass is 9.98. The van der Waals surface area contributed by atoms with Gasteiger partial charge in [0.05, 0.1) is 14.2 Å². The van der Waals surface area contributed by atoms with Crippen LogP contribution in [0.4, 0.5) is 0 Å². The molecule has 0 spiro atoms. The molecule has 0 amide bonds. The predicted octanol–water partition coefficient (Wildman–Crippen LogP) is 3.39. The second-order valence-corrected chi connectivity index (χ2v) is 4.37. The molecule has 0 saturated heterocycles. The fourth-order valence-electron chi connectivity index (χ4n) is 1.96. The van der Waals surface area contributed by atoms with E-state index in [4.69, 9.17) is 9.47 Å². The number of benzene rings is 2. The van der Waals surface area contributed by atoms with Crippen LogP contribution in [0.2, 0.25) is 0 Å². The molecular weight excluding hydrogens is 270 g/mol. The number of hydrogen-bond acceptors (Lipinski definition) is 5. The Morgan fingerprint density at radius 2 is 1.38 bits per heavy atom. The third kappa shape index (κ3) is 3.25. The van der Waals surface area contributed by atoms with Crippen molar-refractivity contribution < 1.29 is 14.3 Å². The zero-order valence-electron chi connectivity index (χ0n) is 11.8. The molecule has 1 unspecified atom stereocenters. The van der Waals surface area contributed by atoms with Gasteiger partial charge in [-0.3, -0.25) is 4.79 Å². The van der Waals surface area contributed by atoms with Gasteiger partial charge in [0.25, 0.3) is 0 Å². The highest BCUT2D eigenvalue weighted by Gasteiger charge is 2.23. The van der Waals surface area contributed by atoms with Crippen molar-refractivity contribution in [3.63, 3.8) is 0 Å². The second kappa shape index (κ2) is 6.65. The quantitative estimate of drug-likeness (QED) is 0.602. The van der Waals surface area contributed by atoms with E-state index in [-0.39, 0.29) is 5.78 Å². The molecule has 21 heavy (non-hydrogen) atoms. The second-order valence-electron chi connectivity index (χ2n) is 4.37. The first kappa shape index (κ1) is 14.7. The Morgan fingerprint density at radius 3 is 1.81 bits per heavy atom. The lowest BCUT2D eigenvalue weighted by molar-refractivity contribution is 0.0961. The average Bonchev–Trinajstić information content (AvgIpc) is 2.56. The van der Waals surface area contributed by atoms with Crippen molar-refractivity contribution in [3.8, 4) is 11.5 Å². The topological polar surface area (TPSA) is 65.0 Å². The normalized spacial score (nSPS) is 11.5. The summed E-state index contributed by atoms with van der Waals surface area (Å²) in [6, 6.07) is 12.2. The van der Waals surface area contributed by atoms with E-state index in [0.717, 1.165) is 0 Å². The molecule has 0 fully saturated rings. The number of methoxy groups -OCH3 is 2. The van der Waals surface area contributed by atoms with E-state index in [9.17, 15) is 9.70 Å². The van der Waals surface area contributed by atoms with E-state index in [1.807, 2.05) is 0 Å². The van der Waals surface area contributed by atoms with Crippen molar-refractivity contribution in [3.05, 3.63) is 64.6 Å². The molecule has 0 N–H and O–H groups in total. The van der Waals surface area contributed by atoms with Crippen LogP contribution < -0.4 is 9.47 Å². The fourth-order valence-corrected chi connectivity index (χ4v) is 1.96. The summed E-state index contributed by atoms with van der Waals surface area (Å²) in [5.41, 5.74) is 0.947. The summed E-state index contributed by atoms with van der Waals surface area (Å²) >= 11 is 0. The predicted molar refractivity (Wildman–Crippen MR) is 78.9 cm³/mol. The Balaban J connectivity index is 2.26. The molecule has 0 aliphatic heterocycles. The molecule has 108 valence electrons. The zero-order chi connectivity index (χ0) is 15.2. The van der Waals surface area contributed by atoms with Crippen molar-refractivity contribution >= 4 is 5.78 Å². The van der Waals surface area contributed by atoms with Crippen molar-refractivity contribution in [2.24, 2.45) is 5.18 Å². The third-order valence-corrected chi connectivity index (χ3v) is 3.16. The minimum atomic E-state index is -1.07. The van der Waals surface area contributed by atoms with Gasteiger partial charge in [0.1, 0.15) is 11.5 Å². The van der Waals surface area contributed by atoms with Crippen LogP contribution in [0.3, 0.4) is 0 Å². The molecule has 0 aliphatic carbocycles. The van der Waals surface area contributed by atoms with Crippen LogP contribution in [-0.2, 0) is 0 Å². The average molecular weight is 285 g/mol. The molecule has 2 aromatic rings. The first-order valence-corrected chi connectivity index (χ1v) is 6.34. The van der Waals surface area contributed by atoms with Crippen molar-refractivity contribution in [1.29, 1.82) is 0 Å². The van der Waals surface area contributed by atoms with E-state index in [2.05, 4.69) is 5.18 Å². The smallest absolute Gasteiger partial charge is 0.195 e. The van der Waals surface area contributed by atoms with E-state index in [1.54, 1.807) is 62.8 Å². The molecular formula is C16H15NO4. The first-order valence-electron chi connectivity index (χ1n) is 6.34. The summed E-state index contributed by atoms with van der Waals surface area (Å²) in [7, 11) is 3.09. The fraction of sp³-hybridized carbons (Fsp3) is 0.188. The van der Waals surface area contributed by atoms with Crippen LogP contribution in [0.25, 0.3) is 0 Å². The van der Waals surface area contributed by atoms with Gasteiger partial charge in [0, 0.05) is 5.56 Å². The lowest BCUT2D eigenvalue weighted by Crippen LogP contribution is -2.10. The number of nitrogens with zero attached hydrogens (tertiary/aromatic N) is 1. The summed E-state index contributed by atoms with van der Waals surface area (Å²) in [6.45, 7) is 0. The Labute approximate surface area is 122 Å². The van der Waals surface area contributed by atoms with Gasteiger partial charge < -0.3 is 9.47 Å². The Bertz CT molecular complexity index is 620. The first-order chi connectivity index (χ1) is 10.2. The summed E-state index contributed by atoms with van der Waals surface area (Å²) < 4.78 is 10.1. The molecule has 5 heteroatoms. The number of ether oxygens (including phenoxy) is 2. The molecule has 0 saturated carbocycles. The Morgan fingerprint density at radius 1 is 0.905 bits per heavy atom. The molecule has 0 heterocycles. The maximum absolute atomic E-state index is 12.4. The molecule has 5 nitrogen and oxygen atoms in total. The summed E-state index contributed by atoms with van der Waals surface area (Å²) in [6.07, 6.45) is 0. The summed E-state index contributed by atoms with van der Waals surface area (Å²) in [5, 5.41) is 2.96. The van der Waals surface area contributed by atoms with E-state index in [1.165, 1.54) is 0 Å². The van der Waals surface area contributed by atoms with Gasteiger partial charge in [0.15, 0.2) is 11.8 Å². The van der Waals surface area contributed by atoms with Gasteiger partial charge in [-0.05, 0) is 42.0 Å². The van der Waals surface area contributed by atoms with Crippen molar-refractivity contribution in [1.82, 2.24) is 0 Å². The summed E-state index contributed by atoms with van der Waals surface area (Å²) in [4.78, 5) is 23.4. The van der Waals surface area contributed by atoms with Crippen LogP contribution in [0.5, 0.6) is 11.5 Å². The standard InChI is InChI=1S/C16H15NO4/c1-20-13-7-3-11(4-8-13)15(17-19)16(18)12-5-9-14(21-2)10-6-12/h3-10,15H,1-2H3. The van der Waals surface area contributed by atoms with Gasteiger partial charge >= 0.3 is 0 Å². The summed E-state index contributed by atoms with van der Waals surface area (Å²) in [5.74, 6) is 0.949. The van der Waals surface area contributed by atoms with Crippen LogP contribution in [0.15, 0.2) is 53.7 Å². The number of carbonyl (C=O) groups excluding carboxylic acids is 1. The van der Waals surface area contributed by atoms with Gasteiger partial charge in [-0.1, -0.05) is 17.3 Å². The Kier molecular flexibility index (Phi) is 4.66. The molecule has 0 bridgehead atoms. The maximum atomic E-state index is 12.4. The highest BCUT2D eigenvalue weighted by Crippen LogP contribution is 2.25. The third-order valence-electron chi connectivity index (χ3n) is 3.16. The number of Topliss-reactive ketones (excluding diaryl/α,β-unsaturated/α-hetero) is 1. The minimum absolute atomic E-state index is 0.349. The SMILES string of the molecule is COc1ccc(C(=O)C(N=O)c2ccc(OC)cc2)cc1. The number of ketones is 1. The van der Waals surface area contributed by atoms with E-state index >= 15 is 0 Å². The van der Waals surface area contributed by atoms with Crippen LogP contribution >= 0.6 is 0 Å². The highest BCUT2D eigenvalue weighted by atomic mass is 16.5. The van der Waals surface area contributed by atoms with Gasteiger partial charge in [-0.15, -0.1) is 4.91 Å². The maximum Gasteiger partial charge on any atom is 0.195 e. The number of rotatable bonds is 6. The molecule has 0 radical (unpaired) electrons. The monoisotopic (exact) mass is 285 g/mol. The van der Waals surface area contributed by atoms with Crippen LogP contribution in [-0.4, -0.2) is 20.0 Å². The Hall–Kier alpha value is -2.69. The minimum Gasteiger partial charge on any atom is -0.497 e. The van der Waals surface area contributed by atoms with Gasteiger partial charge in [0.2, 0.25) is 0 Å². The van der Waals surface area contributed by atoms with E-state index < -0.39 is 6.04 Å². The molecule has 1 atom stereocenters. The molecule has 0 aliphatic rings. The molecule has 2 aromatic carbocycles. The number of carbonyl (C=O) groups is 1. The van der Waals surface area contributed by atoms with E-state index in [0.29, 0.717) is 22.6 Å². The molecule has 2 rings (SSSR count). The van der Waals surface area contributed by atoms with Crippen LogP contribution in [0.1, 0.15) is 22.0 Å². The zero-order valence-corrected chi connectivity index (χ0v) is 11.8. The van der Waals surface area contributed by atoms with Crippen molar-refractivity contribution in [2.45, 2.75) is 6.04 Å². The van der Waals surface area contributed by atoms with Gasteiger partial charge in [-0.25, -0.2) is 0 Å². The largest absolute Gasteiger partial charge is 0.497 e. The lowest BCUT2D eigenvalue weighted by Gasteiger charge is -2.10. The van der Waals surface area contributed by atoms with Crippen molar-refractivity contribution in [2.75, 3.05) is 14.2 Å². The van der Waals surface area contributed by atoms with Gasteiger partial charge in [-0.2, -0.15) is 0 Å². The molecule has 0 aromatic heterocycles.